The minimum Gasteiger partial charge on any atom is -0.493 e. The molecule has 0 unspecified atom stereocenters. The molecule has 0 bridgehead atoms. The van der Waals surface area contributed by atoms with Crippen molar-refractivity contribution in [1.29, 1.82) is 0 Å². The fourth-order valence-corrected chi connectivity index (χ4v) is 2.29. The summed E-state index contributed by atoms with van der Waals surface area (Å²) in [5.74, 6) is -0.476. The van der Waals surface area contributed by atoms with Crippen molar-refractivity contribution in [2.45, 2.75) is 20.3 Å². The van der Waals surface area contributed by atoms with E-state index in [9.17, 15) is 14.7 Å². The zero-order valence-electron chi connectivity index (χ0n) is 13.8. The molecule has 0 aliphatic carbocycles. The van der Waals surface area contributed by atoms with Crippen LogP contribution < -0.4 is 14.8 Å². The molecule has 0 atom stereocenters. The lowest BCUT2D eigenvalue weighted by Gasteiger charge is -2.14. The summed E-state index contributed by atoms with van der Waals surface area (Å²) in [5.41, 5.74) is 1.51. The molecule has 2 aromatic rings. The van der Waals surface area contributed by atoms with Gasteiger partial charge < -0.3 is 24.4 Å². The highest BCUT2D eigenvalue weighted by Crippen LogP contribution is 2.36. The first-order chi connectivity index (χ1) is 11.4. The molecular weight excluding hydrogens is 316 g/mol. The fraction of sp³-hybridized carbons (Fsp3) is 0.312. The number of aryl methyl sites for hydroxylation is 2. The second kappa shape index (κ2) is 7.03. The molecule has 0 aliphatic rings. The Bertz CT molecular complexity index is 762. The lowest BCUT2D eigenvalue weighted by Crippen LogP contribution is -2.16. The quantitative estimate of drug-likeness (QED) is 0.833. The fourth-order valence-electron chi connectivity index (χ4n) is 2.29. The third kappa shape index (κ3) is 3.48. The van der Waals surface area contributed by atoms with Crippen molar-refractivity contribution in [1.82, 2.24) is 5.16 Å². The molecule has 0 saturated carbocycles. The Balaban J connectivity index is 2.32. The number of aromatic nitrogens is 1. The van der Waals surface area contributed by atoms with Crippen LogP contribution in [0.5, 0.6) is 11.5 Å². The Morgan fingerprint density at radius 2 is 1.96 bits per heavy atom. The predicted molar refractivity (Wildman–Crippen MR) is 84.8 cm³/mol. The van der Waals surface area contributed by atoms with E-state index in [1.54, 1.807) is 13.8 Å². The summed E-state index contributed by atoms with van der Waals surface area (Å²) in [7, 11) is 2.79. The van der Waals surface area contributed by atoms with E-state index in [0.29, 0.717) is 17.0 Å². The number of carboxylic acids is 1. The first-order valence-electron chi connectivity index (χ1n) is 7.08. The zero-order valence-corrected chi connectivity index (χ0v) is 13.8. The molecule has 2 rings (SSSR count). The van der Waals surface area contributed by atoms with Crippen LogP contribution in [-0.2, 0) is 11.2 Å². The summed E-state index contributed by atoms with van der Waals surface area (Å²) in [6, 6.07) is 2.64. The van der Waals surface area contributed by atoms with Gasteiger partial charge in [-0.1, -0.05) is 5.16 Å². The number of hydrogen-bond donors (Lipinski definition) is 2. The Hall–Kier alpha value is -3.03. The summed E-state index contributed by atoms with van der Waals surface area (Å²) in [5, 5.41) is 15.6. The number of carbonyl (C=O) groups excluding carboxylic acids is 1. The average Bonchev–Trinajstić information content (AvgIpc) is 2.85. The predicted octanol–water partition coefficient (Wildman–Crippen LogP) is 2.19. The number of methoxy groups -OCH3 is 2. The van der Waals surface area contributed by atoms with Crippen LogP contribution in [0, 0.1) is 13.8 Å². The van der Waals surface area contributed by atoms with E-state index in [1.807, 2.05) is 0 Å². The molecule has 0 fully saturated rings. The molecule has 1 aromatic carbocycles. The molecule has 1 aromatic heterocycles. The van der Waals surface area contributed by atoms with Gasteiger partial charge in [-0.15, -0.1) is 0 Å². The van der Waals surface area contributed by atoms with Crippen molar-refractivity contribution < 1.29 is 28.7 Å². The summed E-state index contributed by atoms with van der Waals surface area (Å²) in [4.78, 5) is 23.5. The molecule has 24 heavy (non-hydrogen) atoms. The summed E-state index contributed by atoms with van der Waals surface area (Å²) in [6.45, 7) is 3.46. The summed E-state index contributed by atoms with van der Waals surface area (Å²) >= 11 is 0. The highest BCUT2D eigenvalue weighted by Gasteiger charge is 2.19. The van der Waals surface area contributed by atoms with Crippen LogP contribution >= 0.6 is 0 Å². The number of hydrogen-bond acceptors (Lipinski definition) is 6. The number of aromatic carboxylic acids is 1. The smallest absolute Gasteiger partial charge is 0.335 e. The van der Waals surface area contributed by atoms with E-state index >= 15 is 0 Å². The highest BCUT2D eigenvalue weighted by molar-refractivity contribution is 5.97. The molecule has 0 saturated heterocycles. The number of carbonyl (C=O) groups is 2. The maximum atomic E-state index is 12.3. The number of nitrogens with one attached hydrogen (secondary N) is 1. The SMILES string of the molecule is COc1cc(C(=O)O)cc(NC(=O)Cc2c(C)noc2C)c1OC. The molecule has 128 valence electrons. The third-order valence-corrected chi connectivity index (χ3v) is 3.52. The van der Waals surface area contributed by atoms with Gasteiger partial charge in [0.2, 0.25) is 5.91 Å². The minimum atomic E-state index is -1.14. The summed E-state index contributed by atoms with van der Waals surface area (Å²) < 4.78 is 15.4. The zero-order chi connectivity index (χ0) is 17.9. The van der Waals surface area contributed by atoms with Crippen LogP contribution in [0.15, 0.2) is 16.7 Å². The van der Waals surface area contributed by atoms with E-state index in [1.165, 1.54) is 26.4 Å². The maximum Gasteiger partial charge on any atom is 0.335 e. The normalized spacial score (nSPS) is 10.3. The maximum absolute atomic E-state index is 12.3. The number of nitrogens with zero attached hydrogens (tertiary/aromatic N) is 1. The number of ether oxygens (including phenoxy) is 2. The number of benzene rings is 1. The van der Waals surface area contributed by atoms with E-state index in [-0.39, 0.29) is 35.1 Å². The highest BCUT2D eigenvalue weighted by atomic mass is 16.5. The van der Waals surface area contributed by atoms with Gasteiger partial charge >= 0.3 is 5.97 Å². The van der Waals surface area contributed by atoms with Gasteiger partial charge in [0.05, 0.1) is 37.6 Å². The molecule has 8 nitrogen and oxygen atoms in total. The molecule has 2 N–H and O–H groups in total. The largest absolute Gasteiger partial charge is 0.493 e. The lowest BCUT2D eigenvalue weighted by molar-refractivity contribution is -0.115. The van der Waals surface area contributed by atoms with Crippen molar-refractivity contribution >= 4 is 17.6 Å². The van der Waals surface area contributed by atoms with Gasteiger partial charge in [-0.25, -0.2) is 4.79 Å². The second-order valence-corrected chi connectivity index (χ2v) is 5.09. The molecular formula is C16H18N2O6. The Morgan fingerprint density at radius 3 is 2.46 bits per heavy atom. The van der Waals surface area contributed by atoms with Gasteiger partial charge in [0, 0.05) is 5.56 Å². The first kappa shape index (κ1) is 17.3. The Morgan fingerprint density at radius 1 is 1.25 bits per heavy atom. The van der Waals surface area contributed by atoms with Crippen molar-refractivity contribution in [3.05, 3.63) is 34.7 Å². The second-order valence-electron chi connectivity index (χ2n) is 5.09. The monoisotopic (exact) mass is 334 g/mol. The van der Waals surface area contributed by atoms with Crippen LogP contribution in [0.2, 0.25) is 0 Å². The topological polar surface area (TPSA) is 111 Å². The van der Waals surface area contributed by atoms with Crippen molar-refractivity contribution in [3.8, 4) is 11.5 Å². The van der Waals surface area contributed by atoms with Gasteiger partial charge in [-0.3, -0.25) is 4.79 Å². The van der Waals surface area contributed by atoms with Crippen molar-refractivity contribution in [3.63, 3.8) is 0 Å². The lowest BCUT2D eigenvalue weighted by atomic mass is 10.1. The van der Waals surface area contributed by atoms with Gasteiger partial charge in [-0.05, 0) is 26.0 Å². The molecule has 8 heteroatoms. The standard InChI is InChI=1S/C16H18N2O6/c1-8-11(9(2)24-18-8)7-14(19)17-12-5-10(16(20)21)6-13(22-3)15(12)23-4/h5-6H,7H2,1-4H3,(H,17,19)(H,20,21). The number of carboxylic acid groups (broad SMARTS) is 1. The van der Waals surface area contributed by atoms with Crippen LogP contribution in [0.3, 0.4) is 0 Å². The molecule has 1 heterocycles. The number of amides is 1. The van der Waals surface area contributed by atoms with Crippen LogP contribution in [0.25, 0.3) is 0 Å². The van der Waals surface area contributed by atoms with Crippen molar-refractivity contribution in [2.24, 2.45) is 0 Å². The first-order valence-corrected chi connectivity index (χ1v) is 7.08. The third-order valence-electron chi connectivity index (χ3n) is 3.52. The van der Waals surface area contributed by atoms with E-state index in [4.69, 9.17) is 14.0 Å². The van der Waals surface area contributed by atoms with E-state index in [2.05, 4.69) is 10.5 Å². The van der Waals surface area contributed by atoms with Gasteiger partial charge in [0.15, 0.2) is 11.5 Å². The van der Waals surface area contributed by atoms with Gasteiger partial charge in [0.1, 0.15) is 5.76 Å². The Labute approximate surface area is 138 Å². The Kier molecular flexibility index (Phi) is 5.08. The van der Waals surface area contributed by atoms with Crippen LogP contribution in [0.1, 0.15) is 27.4 Å². The molecule has 0 radical (unpaired) electrons. The number of anilines is 1. The minimum absolute atomic E-state index is 0.0275. The average molecular weight is 334 g/mol. The molecule has 0 spiro atoms. The summed E-state index contributed by atoms with van der Waals surface area (Å²) in [6.07, 6.45) is 0.0456. The van der Waals surface area contributed by atoms with Crippen LogP contribution in [0.4, 0.5) is 5.69 Å². The van der Waals surface area contributed by atoms with Crippen LogP contribution in [-0.4, -0.2) is 36.4 Å². The van der Waals surface area contributed by atoms with Gasteiger partial charge in [0.25, 0.3) is 0 Å². The van der Waals surface area contributed by atoms with E-state index in [0.717, 1.165) is 0 Å². The molecule has 1 amide bonds. The molecule has 0 aliphatic heterocycles. The van der Waals surface area contributed by atoms with E-state index < -0.39 is 5.97 Å². The number of rotatable bonds is 6. The van der Waals surface area contributed by atoms with Gasteiger partial charge in [-0.2, -0.15) is 0 Å². The van der Waals surface area contributed by atoms with Crippen molar-refractivity contribution in [2.75, 3.05) is 19.5 Å².